The van der Waals surface area contributed by atoms with Crippen molar-refractivity contribution in [1.82, 2.24) is 0 Å². The lowest BCUT2D eigenvalue weighted by molar-refractivity contribution is 1.10. The summed E-state index contributed by atoms with van der Waals surface area (Å²) in [6, 6.07) is 17.7. The van der Waals surface area contributed by atoms with Gasteiger partial charge in [-0.3, -0.25) is 0 Å². The van der Waals surface area contributed by atoms with Crippen LogP contribution in [0.5, 0.6) is 0 Å². The van der Waals surface area contributed by atoms with Gasteiger partial charge in [-0.05, 0) is 35.1 Å². The minimum Gasteiger partial charge on any atom is -0.0786 e. The van der Waals surface area contributed by atoms with Crippen molar-refractivity contribution in [3.8, 4) is 0 Å². The van der Waals surface area contributed by atoms with E-state index in [9.17, 15) is 0 Å². The Morgan fingerprint density at radius 2 is 1.06 bits per heavy atom. The molecule has 0 spiro atoms. The molecule has 2 aromatic carbocycles. The lowest BCUT2D eigenvalue weighted by Gasteiger charge is -2.12. The van der Waals surface area contributed by atoms with Crippen molar-refractivity contribution in [2.45, 2.75) is 31.5 Å². The van der Waals surface area contributed by atoms with Crippen LogP contribution in [0.3, 0.4) is 0 Å². The van der Waals surface area contributed by atoms with E-state index in [1.165, 1.54) is 22.3 Å². The molecule has 0 nitrogen and oxygen atoms in total. The molecule has 2 rings (SSSR count). The molecule has 0 unspecified atom stereocenters. The Labute approximate surface area is 118 Å². The average molecular weight is 303 g/mol. The minimum absolute atomic E-state index is 0.286. The fraction of sp³-hybridized carbons (Fsp3) is 0.294. The van der Waals surface area contributed by atoms with Crippen LogP contribution in [0.25, 0.3) is 0 Å². The second-order valence-corrected chi connectivity index (χ2v) is 5.47. The summed E-state index contributed by atoms with van der Waals surface area (Å²) in [5, 5.41) is 0. The third-order valence-electron chi connectivity index (χ3n) is 3.36. The molecule has 0 aliphatic rings. The van der Waals surface area contributed by atoms with Gasteiger partial charge in [0.15, 0.2) is 0 Å². The molecule has 18 heavy (non-hydrogen) atoms. The van der Waals surface area contributed by atoms with Crippen LogP contribution in [-0.2, 0) is 12.8 Å². The van der Waals surface area contributed by atoms with E-state index in [-0.39, 0.29) is 4.83 Å². The molecule has 0 aliphatic carbocycles. The van der Waals surface area contributed by atoms with Crippen LogP contribution in [0.4, 0.5) is 0 Å². The van der Waals surface area contributed by atoms with E-state index in [0.29, 0.717) is 0 Å². The highest BCUT2D eigenvalue weighted by molar-refractivity contribution is 9.09. The second kappa shape index (κ2) is 6.19. The second-order valence-electron chi connectivity index (χ2n) is 4.55. The predicted octanol–water partition coefficient (Wildman–Crippen LogP) is 5.30. The molecule has 0 heterocycles. The highest BCUT2D eigenvalue weighted by atomic mass is 79.9. The Hall–Kier alpha value is -1.08. The van der Waals surface area contributed by atoms with Gasteiger partial charge in [0.2, 0.25) is 0 Å². The number of aryl methyl sites for hydroxylation is 2. The van der Waals surface area contributed by atoms with Crippen LogP contribution < -0.4 is 0 Å². The molecule has 0 aliphatic heterocycles. The third kappa shape index (κ3) is 3.02. The average Bonchev–Trinajstić information content (AvgIpc) is 2.47. The fourth-order valence-electron chi connectivity index (χ4n) is 2.04. The monoisotopic (exact) mass is 302 g/mol. The van der Waals surface area contributed by atoms with E-state index in [1.807, 2.05) is 0 Å². The highest BCUT2D eigenvalue weighted by Gasteiger charge is 2.09. The van der Waals surface area contributed by atoms with Gasteiger partial charge >= 0.3 is 0 Å². The molecule has 0 saturated heterocycles. The Bertz CT molecular complexity index is 435. The van der Waals surface area contributed by atoms with Gasteiger partial charge in [-0.15, -0.1) is 0 Å². The zero-order valence-electron chi connectivity index (χ0n) is 11.0. The summed E-state index contributed by atoms with van der Waals surface area (Å²) >= 11 is 3.79. The van der Waals surface area contributed by atoms with Gasteiger partial charge in [0.05, 0.1) is 4.83 Å². The zero-order valence-corrected chi connectivity index (χ0v) is 12.6. The molecule has 0 atom stereocenters. The molecule has 0 fully saturated rings. The standard InChI is InChI=1S/C17H19Br/c1-3-13-5-9-15(10-6-13)17(18)16-11-7-14(4-2)8-12-16/h5-12,17H,3-4H2,1-2H3. The van der Waals surface area contributed by atoms with Crippen LogP contribution in [0, 0.1) is 0 Å². The van der Waals surface area contributed by atoms with E-state index in [4.69, 9.17) is 0 Å². The molecule has 0 radical (unpaired) electrons. The maximum atomic E-state index is 3.79. The van der Waals surface area contributed by atoms with Gasteiger partial charge < -0.3 is 0 Å². The Balaban J connectivity index is 2.20. The van der Waals surface area contributed by atoms with Crippen molar-refractivity contribution >= 4 is 15.9 Å². The van der Waals surface area contributed by atoms with Gasteiger partial charge in [-0.1, -0.05) is 78.3 Å². The van der Waals surface area contributed by atoms with E-state index in [0.717, 1.165) is 12.8 Å². The molecular weight excluding hydrogens is 284 g/mol. The predicted molar refractivity (Wildman–Crippen MR) is 82.4 cm³/mol. The lowest BCUT2D eigenvalue weighted by Crippen LogP contribution is -1.93. The summed E-state index contributed by atoms with van der Waals surface area (Å²) in [4.78, 5) is 0.286. The summed E-state index contributed by atoms with van der Waals surface area (Å²) in [6.07, 6.45) is 2.19. The first-order valence-corrected chi connectivity index (χ1v) is 7.48. The van der Waals surface area contributed by atoms with E-state index in [1.54, 1.807) is 0 Å². The quantitative estimate of drug-likeness (QED) is 0.673. The van der Waals surface area contributed by atoms with Gasteiger partial charge in [0.25, 0.3) is 0 Å². The van der Waals surface area contributed by atoms with E-state index < -0.39 is 0 Å². The topological polar surface area (TPSA) is 0 Å². The first-order valence-electron chi connectivity index (χ1n) is 6.56. The van der Waals surface area contributed by atoms with E-state index >= 15 is 0 Å². The molecular formula is C17H19Br. The van der Waals surface area contributed by atoms with Gasteiger partial charge in [-0.25, -0.2) is 0 Å². The van der Waals surface area contributed by atoms with Crippen LogP contribution >= 0.6 is 15.9 Å². The number of rotatable bonds is 4. The molecule has 1 heteroatoms. The minimum atomic E-state index is 0.286. The smallest absolute Gasteiger partial charge is 0.0644 e. The molecule has 94 valence electrons. The first kappa shape index (κ1) is 13.4. The molecule has 0 N–H and O–H groups in total. The van der Waals surface area contributed by atoms with Crippen molar-refractivity contribution in [1.29, 1.82) is 0 Å². The molecule has 0 aromatic heterocycles. The van der Waals surface area contributed by atoms with Crippen molar-refractivity contribution in [3.05, 3.63) is 70.8 Å². The normalized spacial score (nSPS) is 10.9. The van der Waals surface area contributed by atoms with Crippen LogP contribution in [0.15, 0.2) is 48.5 Å². The van der Waals surface area contributed by atoms with Crippen molar-refractivity contribution < 1.29 is 0 Å². The molecule has 0 saturated carbocycles. The largest absolute Gasteiger partial charge is 0.0786 e. The summed E-state index contributed by atoms with van der Waals surface area (Å²) in [5.74, 6) is 0. The summed E-state index contributed by atoms with van der Waals surface area (Å²) in [6.45, 7) is 4.37. The maximum Gasteiger partial charge on any atom is 0.0644 e. The van der Waals surface area contributed by atoms with Gasteiger partial charge in [0, 0.05) is 0 Å². The first-order chi connectivity index (χ1) is 8.74. The van der Waals surface area contributed by atoms with Crippen LogP contribution in [-0.4, -0.2) is 0 Å². The van der Waals surface area contributed by atoms with E-state index in [2.05, 4.69) is 78.3 Å². The Morgan fingerprint density at radius 3 is 1.33 bits per heavy atom. The summed E-state index contributed by atoms with van der Waals surface area (Å²) < 4.78 is 0. The SMILES string of the molecule is CCc1ccc(C(Br)c2ccc(CC)cc2)cc1. The summed E-state index contributed by atoms with van der Waals surface area (Å²) in [5.41, 5.74) is 5.41. The number of hydrogen-bond donors (Lipinski definition) is 0. The van der Waals surface area contributed by atoms with Gasteiger partial charge in [-0.2, -0.15) is 0 Å². The number of hydrogen-bond acceptors (Lipinski definition) is 0. The fourth-order valence-corrected chi connectivity index (χ4v) is 2.65. The van der Waals surface area contributed by atoms with Crippen molar-refractivity contribution in [2.75, 3.05) is 0 Å². The van der Waals surface area contributed by atoms with Crippen molar-refractivity contribution in [2.24, 2.45) is 0 Å². The maximum absolute atomic E-state index is 3.79. The summed E-state index contributed by atoms with van der Waals surface area (Å²) in [7, 11) is 0. The Kier molecular flexibility index (Phi) is 4.60. The Morgan fingerprint density at radius 1 is 0.722 bits per heavy atom. The highest BCUT2D eigenvalue weighted by Crippen LogP contribution is 2.31. The number of alkyl halides is 1. The zero-order chi connectivity index (χ0) is 13.0. The number of halogens is 1. The molecule has 0 bridgehead atoms. The number of benzene rings is 2. The van der Waals surface area contributed by atoms with Crippen LogP contribution in [0.2, 0.25) is 0 Å². The van der Waals surface area contributed by atoms with Crippen molar-refractivity contribution in [3.63, 3.8) is 0 Å². The van der Waals surface area contributed by atoms with Crippen LogP contribution in [0.1, 0.15) is 40.9 Å². The third-order valence-corrected chi connectivity index (χ3v) is 4.42. The molecule has 2 aromatic rings. The lowest BCUT2D eigenvalue weighted by atomic mass is 10.0. The molecule has 0 amide bonds. The van der Waals surface area contributed by atoms with Gasteiger partial charge in [0.1, 0.15) is 0 Å².